The Morgan fingerprint density at radius 3 is 2.55 bits per heavy atom. The van der Waals surface area contributed by atoms with Crippen LogP contribution in [0.4, 0.5) is 0 Å². The van der Waals surface area contributed by atoms with Gasteiger partial charge in [-0.05, 0) is 37.0 Å². The van der Waals surface area contributed by atoms with Crippen molar-refractivity contribution in [2.75, 3.05) is 14.2 Å². The summed E-state index contributed by atoms with van der Waals surface area (Å²) in [6, 6.07) is 5.62. The number of rotatable bonds is 10. The molecule has 0 heterocycles. The Labute approximate surface area is 121 Å². The smallest absolute Gasteiger partial charge is 0.161 e. The number of hydrogen-bond acceptors (Lipinski definition) is 3. The van der Waals surface area contributed by atoms with Crippen molar-refractivity contribution >= 4 is 5.78 Å². The molecule has 0 radical (unpaired) electrons. The van der Waals surface area contributed by atoms with E-state index < -0.39 is 0 Å². The van der Waals surface area contributed by atoms with Crippen LogP contribution in [0.5, 0.6) is 11.5 Å². The van der Waals surface area contributed by atoms with Gasteiger partial charge < -0.3 is 9.47 Å². The highest BCUT2D eigenvalue weighted by atomic mass is 16.5. The summed E-state index contributed by atoms with van der Waals surface area (Å²) in [5.41, 5.74) is 0.971. The number of carbonyl (C=O) groups excluding carboxylic acids is 1. The highest BCUT2D eigenvalue weighted by Crippen LogP contribution is 2.27. The van der Waals surface area contributed by atoms with E-state index in [0.29, 0.717) is 24.3 Å². The second-order valence-electron chi connectivity index (χ2n) is 4.79. The van der Waals surface area contributed by atoms with Gasteiger partial charge in [0, 0.05) is 12.8 Å². The van der Waals surface area contributed by atoms with E-state index in [1.54, 1.807) is 14.2 Å². The van der Waals surface area contributed by atoms with E-state index in [4.69, 9.17) is 9.47 Å². The van der Waals surface area contributed by atoms with E-state index >= 15 is 0 Å². The van der Waals surface area contributed by atoms with Crippen LogP contribution >= 0.6 is 0 Å². The highest BCUT2D eigenvalue weighted by Gasteiger charge is 2.08. The van der Waals surface area contributed by atoms with Crippen molar-refractivity contribution in [3.05, 3.63) is 36.4 Å². The van der Waals surface area contributed by atoms with Crippen molar-refractivity contribution in [1.82, 2.24) is 0 Å². The summed E-state index contributed by atoms with van der Waals surface area (Å²) in [6.45, 7) is 3.69. The highest BCUT2D eigenvalue weighted by molar-refractivity contribution is 5.81. The lowest BCUT2D eigenvalue weighted by Gasteiger charge is -2.09. The maximum Gasteiger partial charge on any atom is 0.161 e. The van der Waals surface area contributed by atoms with Crippen LogP contribution in [-0.4, -0.2) is 20.0 Å². The van der Waals surface area contributed by atoms with Crippen LogP contribution < -0.4 is 9.47 Å². The van der Waals surface area contributed by atoms with Crippen LogP contribution in [0.25, 0.3) is 0 Å². The van der Waals surface area contributed by atoms with Gasteiger partial charge >= 0.3 is 0 Å². The number of unbranched alkanes of at least 4 members (excludes halogenated alkanes) is 3. The molecule has 0 aromatic heterocycles. The Morgan fingerprint density at radius 1 is 1.15 bits per heavy atom. The average molecular weight is 276 g/mol. The Bertz CT molecular complexity index is 438. The lowest BCUT2D eigenvalue weighted by atomic mass is 10.0. The Morgan fingerprint density at radius 2 is 1.90 bits per heavy atom. The normalized spacial score (nSPS) is 10.1. The number of methoxy groups -OCH3 is 2. The second kappa shape index (κ2) is 9.18. The van der Waals surface area contributed by atoms with Gasteiger partial charge in [0.25, 0.3) is 0 Å². The first-order chi connectivity index (χ1) is 9.71. The Hall–Kier alpha value is -1.77. The van der Waals surface area contributed by atoms with E-state index in [2.05, 4.69) is 6.58 Å². The molecule has 0 spiro atoms. The monoisotopic (exact) mass is 276 g/mol. The molecule has 1 rings (SSSR count). The van der Waals surface area contributed by atoms with Gasteiger partial charge in [-0.15, -0.1) is 6.58 Å². The zero-order valence-corrected chi connectivity index (χ0v) is 12.5. The molecular weight excluding hydrogens is 252 g/mol. The molecule has 0 atom stereocenters. The van der Waals surface area contributed by atoms with Gasteiger partial charge in [-0.1, -0.05) is 18.6 Å². The van der Waals surface area contributed by atoms with E-state index in [-0.39, 0.29) is 5.78 Å². The largest absolute Gasteiger partial charge is 0.493 e. The predicted molar refractivity (Wildman–Crippen MR) is 81.5 cm³/mol. The molecule has 0 fully saturated rings. The van der Waals surface area contributed by atoms with Gasteiger partial charge in [0.05, 0.1) is 14.2 Å². The zero-order valence-electron chi connectivity index (χ0n) is 12.5. The third kappa shape index (κ3) is 5.47. The minimum Gasteiger partial charge on any atom is -0.493 e. The lowest BCUT2D eigenvalue weighted by Crippen LogP contribution is -2.03. The molecule has 0 N–H and O–H groups in total. The molecule has 0 amide bonds. The summed E-state index contributed by atoms with van der Waals surface area (Å²) in [7, 11) is 3.20. The van der Waals surface area contributed by atoms with Gasteiger partial charge in [0.2, 0.25) is 0 Å². The number of benzene rings is 1. The molecule has 20 heavy (non-hydrogen) atoms. The van der Waals surface area contributed by atoms with Crippen molar-refractivity contribution in [2.24, 2.45) is 0 Å². The maximum absolute atomic E-state index is 11.9. The molecule has 0 aliphatic carbocycles. The number of ketones is 1. The van der Waals surface area contributed by atoms with E-state index in [0.717, 1.165) is 31.2 Å². The van der Waals surface area contributed by atoms with Crippen LogP contribution in [-0.2, 0) is 11.2 Å². The summed E-state index contributed by atoms with van der Waals surface area (Å²) >= 11 is 0. The molecule has 1 aromatic carbocycles. The standard InChI is InChI=1S/C17H24O3/c1-4-5-6-7-8-9-15(18)12-14-10-11-16(19-2)17(13-14)20-3/h4,10-11,13H,1,5-9,12H2,2-3H3. The first-order valence-corrected chi connectivity index (χ1v) is 7.04. The SMILES string of the molecule is C=CCCCCCC(=O)Cc1ccc(OC)c(OC)c1. The van der Waals surface area contributed by atoms with Gasteiger partial charge in [0.1, 0.15) is 5.78 Å². The van der Waals surface area contributed by atoms with Gasteiger partial charge in [0.15, 0.2) is 11.5 Å². The topological polar surface area (TPSA) is 35.5 Å². The van der Waals surface area contributed by atoms with E-state index in [9.17, 15) is 4.79 Å². The predicted octanol–water partition coefficient (Wildman–Crippen LogP) is 3.95. The van der Waals surface area contributed by atoms with Gasteiger partial charge in [-0.25, -0.2) is 0 Å². The fourth-order valence-electron chi connectivity index (χ4n) is 2.09. The van der Waals surface area contributed by atoms with Crippen molar-refractivity contribution in [3.8, 4) is 11.5 Å². The van der Waals surface area contributed by atoms with Gasteiger partial charge in [-0.3, -0.25) is 4.79 Å². The molecule has 0 aliphatic heterocycles. The summed E-state index contributed by atoms with van der Waals surface area (Å²) < 4.78 is 10.4. The molecule has 0 bridgehead atoms. The maximum atomic E-state index is 11.9. The minimum absolute atomic E-state index is 0.274. The first-order valence-electron chi connectivity index (χ1n) is 7.04. The quantitative estimate of drug-likeness (QED) is 0.479. The number of ether oxygens (including phenoxy) is 2. The van der Waals surface area contributed by atoms with Crippen LogP contribution in [0.1, 0.15) is 37.7 Å². The van der Waals surface area contributed by atoms with Crippen LogP contribution in [0.3, 0.4) is 0 Å². The summed E-state index contributed by atoms with van der Waals surface area (Å²) in [5, 5.41) is 0. The van der Waals surface area contributed by atoms with E-state index in [1.807, 2.05) is 24.3 Å². The molecule has 3 nitrogen and oxygen atoms in total. The average Bonchev–Trinajstić information content (AvgIpc) is 2.46. The number of Topliss-reactive ketones (excluding diaryl/α,β-unsaturated/α-hetero) is 1. The number of carbonyl (C=O) groups is 1. The molecule has 1 aromatic rings. The third-order valence-corrected chi connectivity index (χ3v) is 3.21. The van der Waals surface area contributed by atoms with Crippen molar-refractivity contribution in [3.63, 3.8) is 0 Å². The van der Waals surface area contributed by atoms with Gasteiger partial charge in [-0.2, -0.15) is 0 Å². The molecular formula is C17H24O3. The first kappa shape index (κ1) is 16.3. The molecule has 0 aliphatic rings. The Kier molecular flexibility index (Phi) is 7.48. The minimum atomic E-state index is 0.274. The fraction of sp³-hybridized carbons (Fsp3) is 0.471. The second-order valence-corrected chi connectivity index (χ2v) is 4.79. The lowest BCUT2D eigenvalue weighted by molar-refractivity contribution is -0.118. The molecule has 0 unspecified atom stereocenters. The molecule has 0 saturated heterocycles. The van der Waals surface area contributed by atoms with Crippen molar-refractivity contribution in [1.29, 1.82) is 0 Å². The Balaban J connectivity index is 2.43. The molecule has 3 heteroatoms. The number of hydrogen-bond donors (Lipinski definition) is 0. The van der Waals surface area contributed by atoms with E-state index in [1.165, 1.54) is 0 Å². The molecule has 0 saturated carbocycles. The van der Waals surface area contributed by atoms with Crippen LogP contribution in [0, 0.1) is 0 Å². The molecule has 110 valence electrons. The summed E-state index contributed by atoms with van der Waals surface area (Å²) in [5.74, 6) is 1.63. The number of allylic oxidation sites excluding steroid dienone is 1. The summed E-state index contributed by atoms with van der Waals surface area (Å²) in [4.78, 5) is 11.9. The summed E-state index contributed by atoms with van der Waals surface area (Å²) in [6.07, 6.45) is 7.22. The zero-order chi connectivity index (χ0) is 14.8. The van der Waals surface area contributed by atoms with Crippen molar-refractivity contribution < 1.29 is 14.3 Å². The van der Waals surface area contributed by atoms with Crippen LogP contribution in [0.2, 0.25) is 0 Å². The van der Waals surface area contributed by atoms with Crippen molar-refractivity contribution in [2.45, 2.75) is 38.5 Å². The fourth-order valence-corrected chi connectivity index (χ4v) is 2.09. The van der Waals surface area contributed by atoms with Crippen LogP contribution in [0.15, 0.2) is 30.9 Å². The third-order valence-electron chi connectivity index (χ3n) is 3.21.